The van der Waals surface area contributed by atoms with Gasteiger partial charge in [0.25, 0.3) is 0 Å². The molecule has 6 heteroatoms. The monoisotopic (exact) mass is 275 g/mol. The van der Waals surface area contributed by atoms with E-state index in [4.69, 9.17) is 5.11 Å². The van der Waals surface area contributed by atoms with Crippen LogP contribution in [0.5, 0.6) is 0 Å². The Hall–Kier alpha value is -2.37. The van der Waals surface area contributed by atoms with E-state index in [0.29, 0.717) is 17.6 Å². The van der Waals surface area contributed by atoms with Gasteiger partial charge >= 0.3 is 6.09 Å². The van der Waals surface area contributed by atoms with Gasteiger partial charge in [-0.15, -0.1) is 0 Å². The van der Waals surface area contributed by atoms with Crippen LogP contribution in [0.3, 0.4) is 0 Å². The van der Waals surface area contributed by atoms with E-state index < -0.39 is 17.6 Å². The van der Waals surface area contributed by atoms with Gasteiger partial charge in [-0.05, 0) is 17.5 Å². The predicted molar refractivity (Wildman–Crippen MR) is 73.9 cm³/mol. The molecule has 20 heavy (non-hydrogen) atoms. The Kier molecular flexibility index (Phi) is 3.48. The molecule has 1 atom stereocenters. The molecule has 0 spiro atoms. The van der Waals surface area contributed by atoms with Gasteiger partial charge in [0, 0.05) is 6.20 Å². The van der Waals surface area contributed by atoms with Gasteiger partial charge in [-0.3, -0.25) is 4.79 Å². The summed E-state index contributed by atoms with van der Waals surface area (Å²) in [5.74, 6) is 0. The van der Waals surface area contributed by atoms with Gasteiger partial charge in [-0.25, -0.2) is 9.78 Å². The largest absolute Gasteiger partial charge is 0.465 e. The average molecular weight is 275 g/mol. The van der Waals surface area contributed by atoms with Crippen LogP contribution in [-0.2, 0) is 0 Å². The summed E-state index contributed by atoms with van der Waals surface area (Å²) in [6, 6.07) is 4.86. The molecular weight excluding hydrogens is 258 g/mol. The molecule has 0 bridgehead atoms. The third-order valence-corrected chi connectivity index (χ3v) is 3.11. The van der Waals surface area contributed by atoms with Gasteiger partial charge in [0.2, 0.25) is 0 Å². The zero-order chi connectivity index (χ0) is 14.9. The van der Waals surface area contributed by atoms with Crippen LogP contribution in [0.2, 0.25) is 0 Å². The van der Waals surface area contributed by atoms with Crippen molar-refractivity contribution in [1.29, 1.82) is 0 Å². The highest BCUT2D eigenvalue weighted by Gasteiger charge is 2.32. The Morgan fingerprint density at radius 3 is 2.70 bits per heavy atom. The molecule has 0 radical (unpaired) electrons. The molecule has 0 aromatic carbocycles. The van der Waals surface area contributed by atoms with Crippen LogP contribution in [0.1, 0.15) is 43.0 Å². The van der Waals surface area contributed by atoms with E-state index in [9.17, 15) is 9.59 Å². The Morgan fingerprint density at radius 1 is 1.45 bits per heavy atom. The number of carbonyl (C=O) groups is 2. The molecule has 2 N–H and O–H groups in total. The number of hydrogen-bond donors (Lipinski definition) is 2. The lowest BCUT2D eigenvalue weighted by Gasteiger charge is -2.30. The molecule has 0 aliphatic heterocycles. The number of fused-ring (bicyclic) bond motifs is 1. The standard InChI is InChI=1S/C14H17N3O3/c1-14(2,3)12(16-13(19)20)11-9(8-18)15-10-6-4-5-7-17(10)11/h4-8,12,16H,1-3H3,(H,19,20). The van der Waals surface area contributed by atoms with Crippen LogP contribution in [0.4, 0.5) is 4.79 Å². The number of aldehydes is 1. The van der Waals surface area contributed by atoms with E-state index in [1.165, 1.54) is 0 Å². The molecule has 2 aromatic heterocycles. The predicted octanol–water partition coefficient (Wildman–Crippen LogP) is 2.50. The maximum atomic E-state index is 11.3. The highest BCUT2D eigenvalue weighted by molar-refractivity contribution is 5.77. The molecule has 1 unspecified atom stereocenters. The van der Waals surface area contributed by atoms with Crippen molar-refractivity contribution in [3.05, 3.63) is 35.8 Å². The Labute approximate surface area is 116 Å². The first-order chi connectivity index (χ1) is 9.34. The van der Waals surface area contributed by atoms with Crippen molar-refractivity contribution in [2.45, 2.75) is 26.8 Å². The molecule has 0 saturated carbocycles. The number of nitrogens with zero attached hydrogens (tertiary/aromatic N) is 2. The summed E-state index contributed by atoms with van der Waals surface area (Å²) in [4.78, 5) is 26.6. The maximum Gasteiger partial charge on any atom is 0.405 e. The highest BCUT2D eigenvalue weighted by atomic mass is 16.4. The minimum Gasteiger partial charge on any atom is -0.465 e. The topological polar surface area (TPSA) is 83.7 Å². The van der Waals surface area contributed by atoms with Gasteiger partial charge in [-0.1, -0.05) is 26.8 Å². The van der Waals surface area contributed by atoms with Gasteiger partial charge in [-0.2, -0.15) is 0 Å². The van der Waals surface area contributed by atoms with E-state index in [0.717, 1.165) is 0 Å². The SMILES string of the molecule is CC(C)(C)C(NC(=O)O)c1c(C=O)nc2ccccn12. The Bertz CT molecular complexity index is 655. The lowest BCUT2D eigenvalue weighted by molar-refractivity contribution is 0.111. The first-order valence-corrected chi connectivity index (χ1v) is 6.26. The zero-order valence-corrected chi connectivity index (χ0v) is 11.6. The first-order valence-electron chi connectivity index (χ1n) is 6.26. The van der Waals surface area contributed by atoms with Crippen molar-refractivity contribution in [3.63, 3.8) is 0 Å². The van der Waals surface area contributed by atoms with Crippen LogP contribution < -0.4 is 5.32 Å². The Morgan fingerprint density at radius 2 is 2.15 bits per heavy atom. The van der Waals surface area contributed by atoms with Crippen molar-refractivity contribution in [3.8, 4) is 0 Å². The van der Waals surface area contributed by atoms with Gasteiger partial charge in [0.15, 0.2) is 6.29 Å². The van der Waals surface area contributed by atoms with Gasteiger partial charge in [0.05, 0.1) is 11.7 Å². The number of amides is 1. The summed E-state index contributed by atoms with van der Waals surface area (Å²) in [5.41, 5.74) is 1.03. The minimum atomic E-state index is -1.13. The quantitative estimate of drug-likeness (QED) is 0.843. The summed E-state index contributed by atoms with van der Waals surface area (Å²) < 4.78 is 1.75. The van der Waals surface area contributed by atoms with E-state index in [2.05, 4.69) is 10.3 Å². The van der Waals surface area contributed by atoms with Gasteiger partial charge in [0.1, 0.15) is 11.3 Å². The summed E-state index contributed by atoms with van der Waals surface area (Å²) >= 11 is 0. The first kappa shape index (κ1) is 14.0. The van der Waals surface area contributed by atoms with Crippen LogP contribution >= 0.6 is 0 Å². The molecule has 106 valence electrons. The Balaban J connectivity index is 2.68. The molecular formula is C14H17N3O3. The van der Waals surface area contributed by atoms with Gasteiger partial charge < -0.3 is 14.8 Å². The van der Waals surface area contributed by atoms with Crippen molar-refractivity contribution >= 4 is 18.0 Å². The molecule has 2 heterocycles. The average Bonchev–Trinajstić information content (AvgIpc) is 2.72. The summed E-state index contributed by atoms with van der Waals surface area (Å²) in [6.07, 6.45) is 1.30. The van der Waals surface area contributed by atoms with E-state index >= 15 is 0 Å². The molecule has 2 rings (SSSR count). The fourth-order valence-corrected chi connectivity index (χ4v) is 2.23. The number of nitrogens with one attached hydrogen (secondary N) is 1. The van der Waals surface area contributed by atoms with Crippen LogP contribution in [0.25, 0.3) is 5.65 Å². The normalized spacial score (nSPS) is 13.2. The smallest absolute Gasteiger partial charge is 0.405 e. The lowest BCUT2D eigenvalue weighted by atomic mass is 9.84. The number of rotatable bonds is 3. The molecule has 1 amide bonds. The van der Waals surface area contributed by atoms with Crippen LogP contribution in [0.15, 0.2) is 24.4 Å². The van der Waals surface area contributed by atoms with Crippen molar-refractivity contribution in [2.75, 3.05) is 0 Å². The molecule has 0 aliphatic rings. The number of imidazole rings is 1. The molecule has 0 aliphatic carbocycles. The van der Waals surface area contributed by atoms with Crippen molar-refractivity contribution in [1.82, 2.24) is 14.7 Å². The third-order valence-electron chi connectivity index (χ3n) is 3.11. The van der Waals surface area contributed by atoms with Crippen LogP contribution in [-0.4, -0.2) is 26.9 Å². The van der Waals surface area contributed by atoms with E-state index in [-0.39, 0.29) is 5.69 Å². The number of pyridine rings is 1. The second-order valence-corrected chi connectivity index (χ2v) is 5.68. The third kappa shape index (κ3) is 2.49. The number of carbonyl (C=O) groups excluding carboxylic acids is 1. The van der Waals surface area contributed by atoms with E-state index in [1.54, 1.807) is 16.7 Å². The molecule has 0 saturated heterocycles. The number of carboxylic acid groups (broad SMARTS) is 1. The number of aromatic nitrogens is 2. The minimum absolute atomic E-state index is 0.255. The molecule has 2 aromatic rings. The van der Waals surface area contributed by atoms with Crippen molar-refractivity contribution < 1.29 is 14.7 Å². The van der Waals surface area contributed by atoms with Crippen molar-refractivity contribution in [2.24, 2.45) is 5.41 Å². The molecule has 6 nitrogen and oxygen atoms in total. The summed E-state index contributed by atoms with van der Waals surface area (Å²) in [6.45, 7) is 5.72. The second kappa shape index (κ2) is 4.96. The van der Waals surface area contributed by atoms with E-state index in [1.807, 2.05) is 32.9 Å². The summed E-state index contributed by atoms with van der Waals surface area (Å²) in [5, 5.41) is 11.5. The number of hydrogen-bond acceptors (Lipinski definition) is 3. The summed E-state index contributed by atoms with van der Waals surface area (Å²) in [7, 11) is 0. The van der Waals surface area contributed by atoms with Crippen LogP contribution in [0, 0.1) is 5.41 Å². The fourth-order valence-electron chi connectivity index (χ4n) is 2.23. The lowest BCUT2D eigenvalue weighted by Crippen LogP contribution is -2.37. The maximum absolute atomic E-state index is 11.3. The fraction of sp³-hybridized carbons (Fsp3) is 0.357. The highest BCUT2D eigenvalue weighted by Crippen LogP contribution is 2.34. The zero-order valence-electron chi connectivity index (χ0n) is 11.6. The second-order valence-electron chi connectivity index (χ2n) is 5.68. The molecule has 0 fully saturated rings.